The number of nitrogens with zero attached hydrogens (tertiary/aromatic N) is 2. The van der Waals surface area contributed by atoms with Crippen LogP contribution < -0.4 is 0 Å². The number of hydrogen-bond donors (Lipinski definition) is 0. The maximum atomic E-state index is 4.68. The van der Waals surface area contributed by atoms with Crippen molar-refractivity contribution in [2.75, 3.05) is 0 Å². The highest BCUT2D eigenvalue weighted by molar-refractivity contribution is 6.01. The Morgan fingerprint density at radius 1 is 0.783 bits per heavy atom. The molecule has 2 heterocycles. The highest BCUT2D eigenvalue weighted by atomic mass is 14.7. The van der Waals surface area contributed by atoms with E-state index in [-0.39, 0.29) is 5.41 Å². The minimum Gasteiger partial charge on any atom is -0.260 e. The molecule has 1 aliphatic rings. The highest BCUT2D eigenvalue weighted by Gasteiger charge is 2.43. The first-order chi connectivity index (χ1) is 11.2. The Hall–Kier alpha value is -2.74. The maximum Gasteiger partial charge on any atom is 0.0677 e. The average molecular weight is 298 g/mol. The summed E-state index contributed by atoms with van der Waals surface area (Å²) >= 11 is 0. The minimum atomic E-state index is -0.281. The van der Waals surface area contributed by atoms with Crippen LogP contribution in [0.3, 0.4) is 0 Å². The molecule has 23 heavy (non-hydrogen) atoms. The molecule has 0 amide bonds. The number of rotatable bonds is 2. The molecule has 0 fully saturated rings. The Kier molecular flexibility index (Phi) is 3.12. The third-order valence-corrected chi connectivity index (χ3v) is 4.84. The van der Waals surface area contributed by atoms with E-state index in [0.29, 0.717) is 0 Å². The van der Waals surface area contributed by atoms with Gasteiger partial charge in [-0.1, -0.05) is 36.4 Å². The summed E-state index contributed by atoms with van der Waals surface area (Å²) in [6, 6.07) is 20.8. The third-order valence-electron chi connectivity index (χ3n) is 4.84. The summed E-state index contributed by atoms with van der Waals surface area (Å²) in [5.74, 6) is 0. The van der Waals surface area contributed by atoms with Crippen molar-refractivity contribution >= 4 is 11.1 Å². The third kappa shape index (κ3) is 1.95. The summed E-state index contributed by atoms with van der Waals surface area (Å²) in [5.41, 5.74) is 6.93. The molecular formula is C21H18N2. The number of fused-ring (bicyclic) bond motifs is 1. The molecule has 1 unspecified atom stereocenters. The predicted octanol–water partition coefficient (Wildman–Crippen LogP) is 4.73. The summed E-state index contributed by atoms with van der Waals surface area (Å²) < 4.78 is 0. The molecule has 0 radical (unpaired) electrons. The lowest BCUT2D eigenvalue weighted by Gasteiger charge is -2.29. The average Bonchev–Trinajstić information content (AvgIpc) is 2.86. The first kappa shape index (κ1) is 13.9. The number of pyridine rings is 2. The normalized spacial score (nSPS) is 19.7. The molecule has 0 spiro atoms. The number of benzene rings is 1. The number of hydrogen-bond acceptors (Lipinski definition) is 2. The van der Waals surface area contributed by atoms with E-state index in [2.05, 4.69) is 66.3 Å². The topological polar surface area (TPSA) is 25.8 Å². The van der Waals surface area contributed by atoms with Gasteiger partial charge in [0.2, 0.25) is 0 Å². The molecule has 0 saturated carbocycles. The van der Waals surface area contributed by atoms with Gasteiger partial charge in [0.25, 0.3) is 0 Å². The van der Waals surface area contributed by atoms with Crippen molar-refractivity contribution in [3.8, 4) is 0 Å². The molecular weight excluding hydrogens is 280 g/mol. The van der Waals surface area contributed by atoms with Crippen molar-refractivity contribution in [3.05, 3.63) is 95.6 Å². The van der Waals surface area contributed by atoms with Crippen molar-refractivity contribution < 1.29 is 0 Å². The van der Waals surface area contributed by atoms with Crippen LogP contribution in [0.5, 0.6) is 0 Å². The van der Waals surface area contributed by atoms with Gasteiger partial charge < -0.3 is 0 Å². The summed E-state index contributed by atoms with van der Waals surface area (Å²) in [5, 5.41) is 0. The van der Waals surface area contributed by atoms with E-state index in [1.54, 1.807) is 0 Å². The molecule has 112 valence electrons. The van der Waals surface area contributed by atoms with Crippen molar-refractivity contribution in [1.29, 1.82) is 0 Å². The summed E-state index contributed by atoms with van der Waals surface area (Å²) in [6.07, 6.45) is 3.73. The van der Waals surface area contributed by atoms with Gasteiger partial charge in [-0.2, -0.15) is 0 Å². The van der Waals surface area contributed by atoms with Crippen LogP contribution in [0, 0.1) is 0 Å². The predicted molar refractivity (Wildman–Crippen MR) is 93.9 cm³/mol. The van der Waals surface area contributed by atoms with Crippen LogP contribution in [-0.2, 0) is 5.41 Å². The lowest BCUT2D eigenvalue weighted by Crippen LogP contribution is -2.25. The molecule has 0 bridgehead atoms. The Balaban J connectivity index is 2.05. The van der Waals surface area contributed by atoms with Crippen LogP contribution in [0.1, 0.15) is 36.4 Å². The molecule has 2 nitrogen and oxygen atoms in total. The van der Waals surface area contributed by atoms with E-state index in [0.717, 1.165) is 11.4 Å². The van der Waals surface area contributed by atoms with E-state index in [1.807, 2.05) is 30.6 Å². The number of allylic oxidation sites excluding steroid dienone is 2. The second kappa shape index (κ2) is 5.17. The number of aromatic nitrogens is 2. The molecule has 2 heteroatoms. The van der Waals surface area contributed by atoms with E-state index in [9.17, 15) is 0 Å². The quantitative estimate of drug-likeness (QED) is 0.683. The van der Waals surface area contributed by atoms with Gasteiger partial charge in [0.1, 0.15) is 0 Å². The van der Waals surface area contributed by atoms with Crippen molar-refractivity contribution in [2.45, 2.75) is 19.3 Å². The first-order valence-electron chi connectivity index (χ1n) is 7.87. The molecule has 1 aromatic carbocycles. The molecule has 0 N–H and O–H groups in total. The van der Waals surface area contributed by atoms with Crippen LogP contribution in [0.4, 0.5) is 0 Å². The minimum absolute atomic E-state index is 0.281. The van der Waals surface area contributed by atoms with Gasteiger partial charge >= 0.3 is 0 Å². The zero-order valence-electron chi connectivity index (χ0n) is 13.3. The Morgan fingerprint density at radius 2 is 1.48 bits per heavy atom. The molecule has 0 aliphatic heterocycles. The van der Waals surface area contributed by atoms with E-state index >= 15 is 0 Å². The zero-order chi connectivity index (χ0) is 15.9. The van der Waals surface area contributed by atoms with Crippen LogP contribution in [0.15, 0.2) is 73.1 Å². The zero-order valence-corrected chi connectivity index (χ0v) is 13.3. The van der Waals surface area contributed by atoms with Gasteiger partial charge in [0.15, 0.2) is 0 Å². The fourth-order valence-electron chi connectivity index (χ4n) is 3.77. The fraction of sp³-hybridized carbons (Fsp3) is 0.143. The second-order valence-electron chi connectivity index (χ2n) is 6.10. The standard InChI is InChI=1S/C21H18N2/c1-15-16-9-3-4-10-17(16)21(2,19-12-6-8-14-23-19)20(15)18-11-5-7-13-22-18/h3-14H,1-2H3. The van der Waals surface area contributed by atoms with E-state index in [4.69, 9.17) is 0 Å². The van der Waals surface area contributed by atoms with Gasteiger partial charge in [-0.3, -0.25) is 9.97 Å². The first-order valence-corrected chi connectivity index (χ1v) is 7.87. The van der Waals surface area contributed by atoms with Gasteiger partial charge in [0.05, 0.1) is 16.8 Å². The Morgan fingerprint density at radius 3 is 2.17 bits per heavy atom. The monoisotopic (exact) mass is 298 g/mol. The molecule has 2 aromatic heterocycles. The lowest BCUT2D eigenvalue weighted by molar-refractivity contribution is 0.722. The largest absolute Gasteiger partial charge is 0.260 e. The van der Waals surface area contributed by atoms with Crippen molar-refractivity contribution in [2.24, 2.45) is 0 Å². The van der Waals surface area contributed by atoms with E-state index in [1.165, 1.54) is 22.3 Å². The van der Waals surface area contributed by atoms with Crippen LogP contribution >= 0.6 is 0 Å². The summed E-state index contributed by atoms with van der Waals surface area (Å²) in [7, 11) is 0. The smallest absolute Gasteiger partial charge is 0.0677 e. The fourth-order valence-corrected chi connectivity index (χ4v) is 3.77. The second-order valence-corrected chi connectivity index (χ2v) is 6.10. The van der Waals surface area contributed by atoms with Crippen molar-refractivity contribution in [3.63, 3.8) is 0 Å². The van der Waals surface area contributed by atoms with Gasteiger partial charge in [-0.15, -0.1) is 0 Å². The summed E-state index contributed by atoms with van der Waals surface area (Å²) in [6.45, 7) is 4.45. The molecule has 4 rings (SSSR count). The van der Waals surface area contributed by atoms with Gasteiger partial charge in [-0.25, -0.2) is 0 Å². The van der Waals surface area contributed by atoms with Gasteiger partial charge in [-0.05, 0) is 60.4 Å². The maximum absolute atomic E-state index is 4.68. The Labute approximate surface area is 136 Å². The highest BCUT2D eigenvalue weighted by Crippen LogP contribution is 2.53. The molecule has 1 aliphatic carbocycles. The van der Waals surface area contributed by atoms with Crippen LogP contribution in [0.2, 0.25) is 0 Å². The lowest BCUT2D eigenvalue weighted by atomic mass is 9.74. The van der Waals surface area contributed by atoms with Crippen LogP contribution in [0.25, 0.3) is 11.1 Å². The molecule has 3 aromatic rings. The van der Waals surface area contributed by atoms with E-state index < -0.39 is 0 Å². The molecule has 1 atom stereocenters. The van der Waals surface area contributed by atoms with Crippen molar-refractivity contribution in [1.82, 2.24) is 9.97 Å². The van der Waals surface area contributed by atoms with Crippen LogP contribution in [-0.4, -0.2) is 9.97 Å². The SMILES string of the molecule is CC1=C(c2ccccn2)C(C)(c2ccccn2)c2ccccc21. The molecule has 0 saturated heterocycles. The summed E-state index contributed by atoms with van der Waals surface area (Å²) in [4.78, 5) is 9.31. The van der Waals surface area contributed by atoms with Gasteiger partial charge in [0, 0.05) is 12.4 Å². The Bertz CT molecular complexity index is 882.